The van der Waals surface area contributed by atoms with Crippen LogP contribution in [0.3, 0.4) is 0 Å². The minimum Gasteiger partial charge on any atom is -0.372 e. The molecule has 1 aromatic heterocycles. The Morgan fingerprint density at radius 1 is 1.53 bits per heavy atom. The Balaban J connectivity index is 2.14. The van der Waals surface area contributed by atoms with Crippen LogP contribution in [-0.2, 0) is 11.2 Å². The predicted octanol–water partition coefficient (Wildman–Crippen LogP) is 2.78. The number of anilines is 1. The van der Waals surface area contributed by atoms with Gasteiger partial charge in [-0.1, -0.05) is 24.6 Å². The smallest absolute Gasteiger partial charge is 0.137 e. The van der Waals surface area contributed by atoms with Crippen molar-refractivity contribution < 1.29 is 4.74 Å². The monoisotopic (exact) mass is 281 g/mol. The highest BCUT2D eigenvalue weighted by Crippen LogP contribution is 2.27. The zero-order chi connectivity index (χ0) is 13.8. The first kappa shape index (κ1) is 14.3. The lowest BCUT2D eigenvalue weighted by Gasteiger charge is -2.20. The van der Waals surface area contributed by atoms with Gasteiger partial charge in [0.2, 0.25) is 0 Å². The van der Waals surface area contributed by atoms with Crippen LogP contribution in [0.1, 0.15) is 24.7 Å². The molecule has 1 aromatic rings. The standard InChI is InChI=1S/C14H20ClN3O/c1-4-8-19-11-6-7-18(9-11)14-10(3)13(15)16-12(5-2)17-14/h4,11H,1,5-9H2,2-3H3. The van der Waals surface area contributed by atoms with E-state index >= 15 is 0 Å². The first-order chi connectivity index (χ1) is 9.15. The second-order valence-corrected chi connectivity index (χ2v) is 5.07. The van der Waals surface area contributed by atoms with Gasteiger partial charge < -0.3 is 9.64 Å². The molecule has 0 bridgehead atoms. The number of rotatable bonds is 5. The summed E-state index contributed by atoms with van der Waals surface area (Å²) in [5, 5.41) is 0.553. The number of hydrogen-bond acceptors (Lipinski definition) is 4. The van der Waals surface area contributed by atoms with Gasteiger partial charge in [-0.3, -0.25) is 0 Å². The maximum Gasteiger partial charge on any atom is 0.137 e. The Morgan fingerprint density at radius 3 is 3.00 bits per heavy atom. The second kappa shape index (κ2) is 6.35. The van der Waals surface area contributed by atoms with Crippen LogP contribution in [0.4, 0.5) is 5.82 Å². The lowest BCUT2D eigenvalue weighted by Crippen LogP contribution is -2.25. The van der Waals surface area contributed by atoms with Crippen molar-refractivity contribution in [2.24, 2.45) is 0 Å². The van der Waals surface area contributed by atoms with Gasteiger partial charge in [0, 0.05) is 25.1 Å². The van der Waals surface area contributed by atoms with E-state index in [0.717, 1.165) is 43.1 Å². The van der Waals surface area contributed by atoms with Crippen LogP contribution in [0.15, 0.2) is 12.7 Å². The van der Waals surface area contributed by atoms with Gasteiger partial charge in [0.1, 0.15) is 16.8 Å². The normalized spacial score (nSPS) is 18.9. The van der Waals surface area contributed by atoms with E-state index in [9.17, 15) is 0 Å². The van der Waals surface area contributed by atoms with Crippen molar-refractivity contribution >= 4 is 17.4 Å². The molecule has 104 valence electrons. The van der Waals surface area contributed by atoms with Crippen LogP contribution >= 0.6 is 11.6 Å². The van der Waals surface area contributed by atoms with Crippen LogP contribution in [-0.4, -0.2) is 35.8 Å². The largest absolute Gasteiger partial charge is 0.372 e. The first-order valence-electron chi connectivity index (χ1n) is 6.66. The van der Waals surface area contributed by atoms with E-state index in [-0.39, 0.29) is 6.10 Å². The summed E-state index contributed by atoms with van der Waals surface area (Å²) in [6.45, 7) is 10.1. The average molecular weight is 282 g/mol. The van der Waals surface area contributed by atoms with E-state index in [1.54, 1.807) is 6.08 Å². The third-order valence-corrected chi connectivity index (χ3v) is 3.69. The van der Waals surface area contributed by atoms with Crippen LogP contribution in [0.25, 0.3) is 0 Å². The van der Waals surface area contributed by atoms with Gasteiger partial charge in [0.05, 0.1) is 12.7 Å². The van der Waals surface area contributed by atoms with E-state index in [2.05, 4.69) is 21.4 Å². The molecule has 4 nitrogen and oxygen atoms in total. The molecule has 0 N–H and O–H groups in total. The third kappa shape index (κ3) is 3.25. The highest BCUT2D eigenvalue weighted by molar-refractivity contribution is 6.30. The predicted molar refractivity (Wildman–Crippen MR) is 77.9 cm³/mol. The highest BCUT2D eigenvalue weighted by Gasteiger charge is 2.26. The van der Waals surface area contributed by atoms with Gasteiger partial charge in [-0.15, -0.1) is 6.58 Å². The van der Waals surface area contributed by atoms with Gasteiger partial charge in [0.25, 0.3) is 0 Å². The summed E-state index contributed by atoms with van der Waals surface area (Å²) in [5.74, 6) is 1.74. The average Bonchev–Trinajstić information content (AvgIpc) is 2.88. The Morgan fingerprint density at radius 2 is 2.32 bits per heavy atom. The van der Waals surface area contributed by atoms with E-state index < -0.39 is 0 Å². The summed E-state index contributed by atoms with van der Waals surface area (Å²) in [4.78, 5) is 11.1. The van der Waals surface area contributed by atoms with E-state index in [1.165, 1.54) is 0 Å². The van der Waals surface area contributed by atoms with Crippen molar-refractivity contribution in [2.45, 2.75) is 32.8 Å². The number of nitrogens with zero attached hydrogens (tertiary/aromatic N) is 3. The quantitative estimate of drug-likeness (QED) is 0.614. The van der Waals surface area contributed by atoms with Crippen molar-refractivity contribution in [1.29, 1.82) is 0 Å². The van der Waals surface area contributed by atoms with Crippen LogP contribution in [0.5, 0.6) is 0 Å². The minimum atomic E-state index is 0.246. The molecule has 0 amide bonds. The molecule has 0 spiro atoms. The van der Waals surface area contributed by atoms with E-state index in [4.69, 9.17) is 16.3 Å². The molecule has 1 unspecified atom stereocenters. The molecular formula is C14H20ClN3O. The summed E-state index contributed by atoms with van der Waals surface area (Å²) < 4.78 is 5.69. The lowest BCUT2D eigenvalue weighted by molar-refractivity contribution is 0.0909. The molecule has 2 rings (SSSR count). The fraction of sp³-hybridized carbons (Fsp3) is 0.571. The van der Waals surface area contributed by atoms with Crippen LogP contribution < -0.4 is 4.90 Å². The number of ether oxygens (including phenoxy) is 1. The fourth-order valence-corrected chi connectivity index (χ4v) is 2.43. The molecular weight excluding hydrogens is 262 g/mol. The second-order valence-electron chi connectivity index (χ2n) is 4.71. The molecule has 1 aliphatic heterocycles. The van der Waals surface area contributed by atoms with Gasteiger partial charge >= 0.3 is 0 Å². The molecule has 1 atom stereocenters. The maximum absolute atomic E-state index is 6.17. The first-order valence-corrected chi connectivity index (χ1v) is 7.04. The Kier molecular flexibility index (Phi) is 4.77. The summed E-state index contributed by atoms with van der Waals surface area (Å²) in [5.41, 5.74) is 0.947. The molecule has 1 aliphatic rings. The van der Waals surface area contributed by atoms with Crippen molar-refractivity contribution in [1.82, 2.24) is 9.97 Å². The van der Waals surface area contributed by atoms with E-state index in [0.29, 0.717) is 11.8 Å². The Labute approximate surface area is 119 Å². The third-order valence-electron chi connectivity index (χ3n) is 3.32. The minimum absolute atomic E-state index is 0.246. The van der Waals surface area contributed by atoms with Gasteiger partial charge in [-0.25, -0.2) is 9.97 Å². The van der Waals surface area contributed by atoms with Gasteiger partial charge in [-0.05, 0) is 13.3 Å². The van der Waals surface area contributed by atoms with E-state index in [1.807, 2.05) is 13.8 Å². The zero-order valence-corrected chi connectivity index (χ0v) is 12.3. The van der Waals surface area contributed by atoms with Crippen molar-refractivity contribution in [3.05, 3.63) is 29.2 Å². The fourth-order valence-electron chi connectivity index (χ4n) is 2.25. The summed E-state index contributed by atoms with van der Waals surface area (Å²) in [7, 11) is 0. The SMILES string of the molecule is C=CCOC1CCN(c2nc(CC)nc(Cl)c2C)C1. The summed E-state index contributed by atoms with van der Waals surface area (Å²) in [6.07, 6.45) is 3.83. The Hall–Kier alpha value is -1.13. The molecule has 0 radical (unpaired) electrons. The number of halogens is 1. The molecule has 0 aromatic carbocycles. The van der Waals surface area contributed by atoms with Gasteiger partial charge in [0.15, 0.2) is 0 Å². The lowest BCUT2D eigenvalue weighted by atomic mass is 10.3. The number of hydrogen-bond donors (Lipinski definition) is 0. The van der Waals surface area contributed by atoms with Crippen molar-refractivity contribution in [3.8, 4) is 0 Å². The topological polar surface area (TPSA) is 38.2 Å². The molecule has 0 aliphatic carbocycles. The zero-order valence-electron chi connectivity index (χ0n) is 11.5. The van der Waals surface area contributed by atoms with Crippen LogP contribution in [0.2, 0.25) is 5.15 Å². The molecule has 5 heteroatoms. The molecule has 1 saturated heterocycles. The highest BCUT2D eigenvalue weighted by atomic mass is 35.5. The maximum atomic E-state index is 6.17. The summed E-state index contributed by atoms with van der Waals surface area (Å²) in [6, 6.07) is 0. The van der Waals surface area contributed by atoms with Gasteiger partial charge in [-0.2, -0.15) is 0 Å². The Bertz CT molecular complexity index is 464. The number of aromatic nitrogens is 2. The van der Waals surface area contributed by atoms with Crippen LogP contribution in [0, 0.1) is 6.92 Å². The molecule has 19 heavy (non-hydrogen) atoms. The van der Waals surface area contributed by atoms with Crippen molar-refractivity contribution in [2.75, 3.05) is 24.6 Å². The molecule has 1 fully saturated rings. The number of aryl methyl sites for hydroxylation is 1. The summed E-state index contributed by atoms with van der Waals surface area (Å²) >= 11 is 6.17. The molecule has 2 heterocycles. The molecule has 0 saturated carbocycles. The van der Waals surface area contributed by atoms with Crippen molar-refractivity contribution in [3.63, 3.8) is 0 Å².